The van der Waals surface area contributed by atoms with Crippen LogP contribution in [0.15, 0.2) is 41.8 Å². The van der Waals surface area contributed by atoms with Crippen LogP contribution in [0.5, 0.6) is 0 Å². The molecule has 1 heterocycles. The van der Waals surface area contributed by atoms with Crippen LogP contribution in [0.25, 0.3) is 0 Å². The molecule has 0 aliphatic carbocycles. The summed E-state index contributed by atoms with van der Waals surface area (Å²) in [5.74, 6) is 0. The van der Waals surface area contributed by atoms with Crippen molar-refractivity contribution in [2.75, 3.05) is 5.32 Å². The molecule has 0 unspecified atom stereocenters. The maximum absolute atomic E-state index is 10.9. The molecule has 0 saturated carbocycles. The average molecular weight is 248 g/mol. The molecule has 2 rings (SSSR count). The average Bonchev–Trinajstić information content (AvgIpc) is 2.83. The zero-order valence-corrected chi connectivity index (χ0v) is 10.1. The lowest BCUT2D eigenvalue weighted by molar-refractivity contribution is -0.384. The molecule has 1 atom stereocenters. The predicted octanol–water partition coefficient (Wildman–Crippen LogP) is 3.83. The van der Waals surface area contributed by atoms with Gasteiger partial charge in [-0.25, -0.2) is 0 Å². The number of hydrogen-bond donors (Lipinski definition) is 1. The van der Waals surface area contributed by atoms with Crippen molar-refractivity contribution < 1.29 is 4.92 Å². The molecule has 0 amide bonds. The monoisotopic (exact) mass is 248 g/mol. The van der Waals surface area contributed by atoms with E-state index in [4.69, 9.17) is 0 Å². The summed E-state index contributed by atoms with van der Waals surface area (Å²) in [6.45, 7) is 1.99. The molecule has 0 fully saturated rings. The van der Waals surface area contributed by atoms with E-state index in [1.165, 1.54) is 6.07 Å². The Morgan fingerprint density at radius 2 is 2.06 bits per heavy atom. The van der Waals surface area contributed by atoms with Crippen molar-refractivity contribution in [3.63, 3.8) is 0 Å². The molecule has 1 aromatic heterocycles. The summed E-state index contributed by atoms with van der Waals surface area (Å²) in [4.78, 5) is 11.6. The van der Waals surface area contributed by atoms with Gasteiger partial charge in [0.15, 0.2) is 0 Å². The third kappa shape index (κ3) is 2.62. The van der Waals surface area contributed by atoms with Crippen molar-refractivity contribution in [2.24, 2.45) is 0 Å². The summed E-state index contributed by atoms with van der Waals surface area (Å²) in [7, 11) is 0. The van der Waals surface area contributed by atoms with Gasteiger partial charge in [-0.3, -0.25) is 10.1 Å². The van der Waals surface area contributed by atoms with Crippen LogP contribution in [0.1, 0.15) is 17.8 Å². The van der Waals surface area contributed by atoms with E-state index < -0.39 is 0 Å². The summed E-state index contributed by atoms with van der Waals surface area (Å²) in [5.41, 5.74) is 0.661. The number of anilines is 1. The fourth-order valence-corrected chi connectivity index (χ4v) is 2.33. The zero-order chi connectivity index (χ0) is 12.3. The van der Waals surface area contributed by atoms with E-state index in [0.29, 0.717) is 5.69 Å². The number of benzene rings is 1. The lowest BCUT2D eigenvalue weighted by Gasteiger charge is -2.13. The van der Waals surface area contributed by atoms with Gasteiger partial charge in [-0.2, -0.15) is 0 Å². The summed E-state index contributed by atoms with van der Waals surface area (Å²) < 4.78 is 0. The van der Waals surface area contributed by atoms with Crippen LogP contribution in [-0.4, -0.2) is 4.92 Å². The van der Waals surface area contributed by atoms with Crippen LogP contribution in [0, 0.1) is 10.1 Å². The fraction of sp³-hybridized carbons (Fsp3) is 0.167. The Hall–Kier alpha value is -1.88. The van der Waals surface area contributed by atoms with Crippen molar-refractivity contribution in [1.29, 1.82) is 0 Å². The number of nitrogens with one attached hydrogen (secondary N) is 1. The Kier molecular flexibility index (Phi) is 3.39. The molecule has 0 saturated heterocycles. The number of hydrogen-bond acceptors (Lipinski definition) is 4. The number of rotatable bonds is 4. The molecular weight excluding hydrogens is 236 g/mol. The van der Waals surface area contributed by atoms with Crippen LogP contribution < -0.4 is 5.32 Å². The lowest BCUT2D eigenvalue weighted by Crippen LogP contribution is -2.06. The first-order valence-corrected chi connectivity index (χ1v) is 6.10. The molecule has 1 aromatic carbocycles. The first kappa shape index (κ1) is 11.6. The lowest BCUT2D eigenvalue weighted by atomic mass is 10.2. The molecule has 1 N–H and O–H groups in total. The molecular formula is C12H12N2O2S. The molecule has 5 heteroatoms. The van der Waals surface area contributed by atoms with E-state index in [1.54, 1.807) is 29.5 Å². The van der Waals surface area contributed by atoms with Gasteiger partial charge in [0.05, 0.1) is 11.0 Å². The summed E-state index contributed by atoms with van der Waals surface area (Å²) in [5, 5.41) is 16.0. The van der Waals surface area contributed by atoms with Crippen LogP contribution in [0.2, 0.25) is 0 Å². The van der Waals surface area contributed by atoms with Crippen molar-refractivity contribution in [3.8, 4) is 0 Å². The maximum Gasteiger partial charge on any atom is 0.292 e. The number of nitrogens with zero attached hydrogens (tertiary/aromatic N) is 1. The van der Waals surface area contributed by atoms with E-state index in [9.17, 15) is 10.1 Å². The SMILES string of the molecule is C[C@H](Nc1ccccc1[N+](=O)[O-])c1cccs1. The van der Waals surface area contributed by atoms with Gasteiger partial charge >= 0.3 is 0 Å². The molecule has 0 aliphatic rings. The number of nitro benzene ring substituents is 1. The minimum Gasteiger partial charge on any atom is -0.372 e. The molecule has 0 aliphatic heterocycles. The minimum atomic E-state index is -0.372. The Morgan fingerprint density at radius 3 is 2.71 bits per heavy atom. The van der Waals surface area contributed by atoms with E-state index in [0.717, 1.165) is 4.88 Å². The Balaban J connectivity index is 2.21. The van der Waals surface area contributed by atoms with Gasteiger partial charge < -0.3 is 5.32 Å². The van der Waals surface area contributed by atoms with Crippen LogP contribution in [0.4, 0.5) is 11.4 Å². The second-order valence-electron chi connectivity index (χ2n) is 3.66. The van der Waals surface area contributed by atoms with Crippen molar-refractivity contribution in [3.05, 3.63) is 56.8 Å². The third-order valence-electron chi connectivity index (χ3n) is 2.44. The molecule has 0 radical (unpaired) electrons. The van der Waals surface area contributed by atoms with Crippen molar-refractivity contribution in [2.45, 2.75) is 13.0 Å². The molecule has 0 spiro atoms. The molecule has 88 valence electrons. The largest absolute Gasteiger partial charge is 0.372 e. The first-order valence-electron chi connectivity index (χ1n) is 5.22. The second-order valence-corrected chi connectivity index (χ2v) is 4.63. The Labute approximate surface area is 103 Å². The summed E-state index contributed by atoms with van der Waals surface area (Å²) >= 11 is 1.63. The van der Waals surface area contributed by atoms with Gasteiger partial charge in [0.25, 0.3) is 5.69 Å². The van der Waals surface area contributed by atoms with Gasteiger partial charge in [-0.1, -0.05) is 18.2 Å². The fourth-order valence-electron chi connectivity index (χ4n) is 1.60. The normalized spacial score (nSPS) is 12.1. The highest BCUT2D eigenvalue weighted by atomic mass is 32.1. The number of thiophene rings is 1. The van der Waals surface area contributed by atoms with Gasteiger partial charge in [0.1, 0.15) is 5.69 Å². The van der Waals surface area contributed by atoms with Crippen molar-refractivity contribution in [1.82, 2.24) is 0 Å². The molecule has 4 nitrogen and oxygen atoms in total. The quantitative estimate of drug-likeness (QED) is 0.660. The second kappa shape index (κ2) is 4.97. The summed E-state index contributed by atoms with van der Waals surface area (Å²) in [6.07, 6.45) is 0. The van der Waals surface area contributed by atoms with E-state index in [1.807, 2.05) is 24.4 Å². The van der Waals surface area contributed by atoms with Gasteiger partial charge in [-0.15, -0.1) is 11.3 Å². The van der Waals surface area contributed by atoms with Crippen molar-refractivity contribution >= 4 is 22.7 Å². The van der Waals surface area contributed by atoms with E-state index in [2.05, 4.69) is 5.32 Å². The van der Waals surface area contributed by atoms with Crippen LogP contribution in [-0.2, 0) is 0 Å². The van der Waals surface area contributed by atoms with Gasteiger partial charge in [0, 0.05) is 10.9 Å². The van der Waals surface area contributed by atoms with Crippen LogP contribution in [0.3, 0.4) is 0 Å². The predicted molar refractivity (Wildman–Crippen MR) is 69.5 cm³/mol. The molecule has 2 aromatic rings. The zero-order valence-electron chi connectivity index (χ0n) is 9.29. The smallest absolute Gasteiger partial charge is 0.292 e. The van der Waals surface area contributed by atoms with E-state index in [-0.39, 0.29) is 16.7 Å². The third-order valence-corrected chi connectivity index (χ3v) is 3.50. The molecule has 0 bridgehead atoms. The first-order chi connectivity index (χ1) is 8.18. The highest BCUT2D eigenvalue weighted by molar-refractivity contribution is 7.10. The number of para-hydroxylation sites is 2. The highest BCUT2D eigenvalue weighted by Crippen LogP contribution is 2.28. The highest BCUT2D eigenvalue weighted by Gasteiger charge is 2.15. The maximum atomic E-state index is 10.9. The van der Waals surface area contributed by atoms with Gasteiger partial charge in [0.2, 0.25) is 0 Å². The van der Waals surface area contributed by atoms with E-state index >= 15 is 0 Å². The molecule has 17 heavy (non-hydrogen) atoms. The Bertz CT molecular complexity index is 511. The Morgan fingerprint density at radius 1 is 1.29 bits per heavy atom. The standard InChI is InChI=1S/C12H12N2O2S/c1-9(12-7-4-8-17-12)13-10-5-2-3-6-11(10)14(15)16/h2-9,13H,1H3/t9-/m0/s1. The number of nitro groups is 1. The topological polar surface area (TPSA) is 55.2 Å². The van der Waals surface area contributed by atoms with Gasteiger partial charge in [-0.05, 0) is 24.4 Å². The minimum absolute atomic E-state index is 0.0658. The van der Waals surface area contributed by atoms with Crippen LogP contribution >= 0.6 is 11.3 Å². The summed E-state index contributed by atoms with van der Waals surface area (Å²) in [6, 6.07) is 10.7.